The van der Waals surface area contributed by atoms with Gasteiger partial charge in [-0.2, -0.15) is 0 Å². The molecular formula is C15H10N2O2S2. The summed E-state index contributed by atoms with van der Waals surface area (Å²) in [6.45, 7) is 0.274. The number of benzene rings is 2. The number of aromatic nitrogens is 2. The summed E-state index contributed by atoms with van der Waals surface area (Å²) in [5.74, 6) is 0. The number of rotatable bonds is 2. The Morgan fingerprint density at radius 3 is 1.57 bits per heavy atom. The SMILES string of the molecule is O=c1c2ccccc2sn1Cn1sc2ccccc2c1=O. The quantitative estimate of drug-likeness (QED) is 0.571. The molecule has 0 N–H and O–H groups in total. The van der Waals surface area contributed by atoms with Crippen LogP contribution in [-0.2, 0) is 6.67 Å². The van der Waals surface area contributed by atoms with Crippen LogP contribution in [-0.4, -0.2) is 7.91 Å². The monoisotopic (exact) mass is 314 g/mol. The van der Waals surface area contributed by atoms with Crippen molar-refractivity contribution in [1.82, 2.24) is 7.91 Å². The van der Waals surface area contributed by atoms with E-state index in [0.29, 0.717) is 10.8 Å². The number of fused-ring (bicyclic) bond motifs is 2. The fraction of sp³-hybridized carbons (Fsp3) is 0.0667. The van der Waals surface area contributed by atoms with Gasteiger partial charge in [0.15, 0.2) is 0 Å². The van der Waals surface area contributed by atoms with Gasteiger partial charge in [0.1, 0.15) is 6.67 Å². The molecule has 6 heteroatoms. The van der Waals surface area contributed by atoms with Gasteiger partial charge in [-0.15, -0.1) is 0 Å². The first kappa shape index (κ1) is 12.6. The molecule has 0 saturated carbocycles. The van der Waals surface area contributed by atoms with Crippen molar-refractivity contribution in [1.29, 1.82) is 0 Å². The van der Waals surface area contributed by atoms with Crippen molar-refractivity contribution < 1.29 is 0 Å². The van der Waals surface area contributed by atoms with Crippen LogP contribution < -0.4 is 11.1 Å². The van der Waals surface area contributed by atoms with Crippen LogP contribution in [0.25, 0.3) is 20.2 Å². The van der Waals surface area contributed by atoms with Gasteiger partial charge in [-0.3, -0.25) is 9.59 Å². The van der Waals surface area contributed by atoms with Gasteiger partial charge in [0.25, 0.3) is 11.1 Å². The predicted molar refractivity (Wildman–Crippen MR) is 87.6 cm³/mol. The summed E-state index contributed by atoms with van der Waals surface area (Å²) in [7, 11) is 0. The standard InChI is InChI=1S/C15H10N2O2S2/c18-14-10-5-1-3-7-12(10)20-16(14)9-17-15(19)11-6-2-4-8-13(11)21-17/h1-8H,9H2. The van der Waals surface area contributed by atoms with Crippen molar-refractivity contribution in [2.24, 2.45) is 0 Å². The molecule has 0 atom stereocenters. The molecule has 0 bridgehead atoms. The lowest BCUT2D eigenvalue weighted by Crippen LogP contribution is -2.22. The van der Waals surface area contributed by atoms with E-state index in [1.165, 1.54) is 23.1 Å². The molecule has 0 aliphatic rings. The van der Waals surface area contributed by atoms with E-state index in [1.807, 2.05) is 48.5 Å². The third-order valence-corrected chi connectivity index (χ3v) is 5.47. The Bertz CT molecular complexity index is 982. The minimum Gasteiger partial charge on any atom is -0.268 e. The molecule has 0 aliphatic carbocycles. The van der Waals surface area contributed by atoms with Crippen molar-refractivity contribution in [2.75, 3.05) is 0 Å². The maximum absolute atomic E-state index is 12.3. The van der Waals surface area contributed by atoms with Crippen molar-refractivity contribution in [3.63, 3.8) is 0 Å². The van der Waals surface area contributed by atoms with Gasteiger partial charge in [-0.25, -0.2) is 7.91 Å². The molecule has 2 aromatic carbocycles. The molecule has 2 aromatic heterocycles. The molecule has 4 aromatic rings. The Morgan fingerprint density at radius 2 is 1.14 bits per heavy atom. The second-order valence-electron chi connectivity index (χ2n) is 4.68. The third-order valence-electron chi connectivity index (χ3n) is 3.36. The smallest absolute Gasteiger partial charge is 0.268 e. The topological polar surface area (TPSA) is 44.0 Å². The number of nitrogens with zero attached hydrogens (tertiary/aromatic N) is 2. The normalized spacial score (nSPS) is 11.4. The van der Waals surface area contributed by atoms with Gasteiger partial charge in [0, 0.05) is 0 Å². The molecule has 0 fully saturated rings. The van der Waals surface area contributed by atoms with Crippen molar-refractivity contribution >= 4 is 43.2 Å². The summed E-state index contributed by atoms with van der Waals surface area (Å²) < 4.78 is 5.14. The van der Waals surface area contributed by atoms with E-state index >= 15 is 0 Å². The van der Waals surface area contributed by atoms with Crippen molar-refractivity contribution in [3.05, 3.63) is 69.2 Å². The molecule has 0 spiro atoms. The molecular weight excluding hydrogens is 304 g/mol. The van der Waals surface area contributed by atoms with Gasteiger partial charge >= 0.3 is 0 Å². The van der Waals surface area contributed by atoms with Crippen LogP contribution in [0.5, 0.6) is 0 Å². The summed E-state index contributed by atoms with van der Waals surface area (Å²) >= 11 is 2.78. The fourth-order valence-corrected chi connectivity index (χ4v) is 4.38. The van der Waals surface area contributed by atoms with E-state index in [1.54, 1.807) is 7.91 Å². The first-order chi connectivity index (χ1) is 10.2. The highest BCUT2D eigenvalue weighted by atomic mass is 32.1. The Kier molecular flexibility index (Phi) is 2.80. The van der Waals surface area contributed by atoms with Crippen molar-refractivity contribution in [3.8, 4) is 0 Å². The molecule has 0 aliphatic heterocycles. The largest absolute Gasteiger partial charge is 0.270 e. The van der Waals surface area contributed by atoms with E-state index in [0.717, 1.165) is 9.40 Å². The zero-order chi connectivity index (χ0) is 14.4. The lowest BCUT2D eigenvalue weighted by atomic mass is 10.3. The molecule has 104 valence electrons. The fourth-order valence-electron chi connectivity index (χ4n) is 2.34. The maximum Gasteiger partial charge on any atom is 0.270 e. The Labute approximate surface area is 127 Å². The molecule has 2 heterocycles. The zero-order valence-corrected chi connectivity index (χ0v) is 12.5. The molecule has 0 amide bonds. The lowest BCUT2D eigenvalue weighted by Gasteiger charge is -1.98. The van der Waals surface area contributed by atoms with E-state index < -0.39 is 0 Å². The summed E-state index contributed by atoms with van der Waals surface area (Å²) in [6, 6.07) is 15.0. The maximum atomic E-state index is 12.3. The molecule has 4 nitrogen and oxygen atoms in total. The van der Waals surface area contributed by atoms with E-state index in [-0.39, 0.29) is 17.8 Å². The molecule has 0 radical (unpaired) electrons. The van der Waals surface area contributed by atoms with Crippen molar-refractivity contribution in [2.45, 2.75) is 6.67 Å². The predicted octanol–water partition coefficient (Wildman–Crippen LogP) is 2.95. The first-order valence-corrected chi connectivity index (χ1v) is 7.96. The molecule has 0 unspecified atom stereocenters. The zero-order valence-electron chi connectivity index (χ0n) is 10.9. The van der Waals surface area contributed by atoms with Crippen LogP contribution in [0.1, 0.15) is 0 Å². The Balaban J connectivity index is 1.87. The molecule has 21 heavy (non-hydrogen) atoms. The van der Waals surface area contributed by atoms with E-state index in [9.17, 15) is 9.59 Å². The lowest BCUT2D eigenvalue weighted by molar-refractivity contribution is 0.670. The minimum absolute atomic E-state index is 0.0417. The van der Waals surface area contributed by atoms with Gasteiger partial charge in [-0.1, -0.05) is 47.3 Å². The second-order valence-corrected chi connectivity index (χ2v) is 6.81. The number of hydrogen-bond donors (Lipinski definition) is 0. The van der Waals surface area contributed by atoms with Gasteiger partial charge in [0.05, 0.1) is 20.2 Å². The van der Waals surface area contributed by atoms with Crippen LogP contribution in [0.3, 0.4) is 0 Å². The van der Waals surface area contributed by atoms with Crippen LogP contribution in [0.2, 0.25) is 0 Å². The summed E-state index contributed by atoms with van der Waals surface area (Å²) in [6.07, 6.45) is 0. The van der Waals surface area contributed by atoms with Gasteiger partial charge < -0.3 is 0 Å². The third kappa shape index (κ3) is 1.95. The molecule has 4 rings (SSSR count). The second kappa shape index (κ2) is 4.68. The highest BCUT2D eigenvalue weighted by molar-refractivity contribution is 7.14. The summed E-state index contributed by atoms with van der Waals surface area (Å²) in [5, 5.41) is 1.41. The Hall–Kier alpha value is -2.18. The Morgan fingerprint density at radius 1 is 0.714 bits per heavy atom. The summed E-state index contributed by atoms with van der Waals surface area (Å²) in [4.78, 5) is 24.6. The van der Waals surface area contributed by atoms with Crippen LogP contribution in [0.4, 0.5) is 0 Å². The highest BCUT2D eigenvalue weighted by Crippen LogP contribution is 2.18. The van der Waals surface area contributed by atoms with Crippen LogP contribution in [0.15, 0.2) is 58.1 Å². The van der Waals surface area contributed by atoms with E-state index in [4.69, 9.17) is 0 Å². The average Bonchev–Trinajstić information content (AvgIpc) is 2.99. The van der Waals surface area contributed by atoms with Crippen LogP contribution in [0, 0.1) is 0 Å². The minimum atomic E-state index is -0.0417. The number of hydrogen-bond acceptors (Lipinski definition) is 4. The summed E-state index contributed by atoms with van der Waals surface area (Å²) in [5.41, 5.74) is -0.0834. The molecule has 0 saturated heterocycles. The first-order valence-electron chi connectivity index (χ1n) is 6.42. The van der Waals surface area contributed by atoms with Crippen LogP contribution >= 0.6 is 23.1 Å². The van der Waals surface area contributed by atoms with E-state index in [2.05, 4.69) is 0 Å². The highest BCUT2D eigenvalue weighted by Gasteiger charge is 2.11. The van der Waals surface area contributed by atoms with Gasteiger partial charge in [-0.05, 0) is 24.3 Å². The average molecular weight is 314 g/mol. The van der Waals surface area contributed by atoms with Gasteiger partial charge in [0.2, 0.25) is 0 Å².